The molecule has 7 heteroatoms. The van der Waals surface area contributed by atoms with Gasteiger partial charge < -0.3 is 0 Å². The van der Waals surface area contributed by atoms with Gasteiger partial charge in [0, 0.05) is 25.0 Å². The third kappa shape index (κ3) is 3.53. The maximum atomic E-state index is 11.5. The molecule has 0 bridgehead atoms. The summed E-state index contributed by atoms with van der Waals surface area (Å²) < 4.78 is 24.6. The molecule has 1 aliphatic rings. The highest BCUT2D eigenvalue weighted by molar-refractivity contribution is 7.88. The van der Waals surface area contributed by atoms with Gasteiger partial charge in [-0.05, 0) is 43.4 Å². The first-order chi connectivity index (χ1) is 10.5. The van der Waals surface area contributed by atoms with Crippen LogP contribution in [0.1, 0.15) is 18.5 Å². The molecule has 0 atom stereocenters. The Hall–Kier alpha value is -1.73. The van der Waals surface area contributed by atoms with Crippen molar-refractivity contribution in [2.45, 2.75) is 19.3 Å². The zero-order valence-electron chi connectivity index (χ0n) is 12.6. The van der Waals surface area contributed by atoms with Crippen molar-refractivity contribution in [2.75, 3.05) is 19.3 Å². The Morgan fingerprint density at radius 2 is 2.05 bits per heavy atom. The first-order valence-electron chi connectivity index (χ1n) is 7.43. The monoisotopic (exact) mass is 320 g/mol. The van der Waals surface area contributed by atoms with Gasteiger partial charge in [0.25, 0.3) is 0 Å². The molecule has 6 nitrogen and oxygen atoms in total. The summed E-state index contributed by atoms with van der Waals surface area (Å²) in [7, 11) is -3.05. The van der Waals surface area contributed by atoms with Gasteiger partial charge >= 0.3 is 0 Å². The number of nitrogens with zero attached hydrogens (tertiary/aromatic N) is 3. The molecule has 118 valence electrons. The molecule has 3 heterocycles. The summed E-state index contributed by atoms with van der Waals surface area (Å²) in [6.07, 6.45) is 5.67. The third-order valence-corrected chi connectivity index (χ3v) is 5.43. The van der Waals surface area contributed by atoms with Gasteiger partial charge in [-0.15, -0.1) is 0 Å². The number of sulfonamides is 1. The zero-order chi connectivity index (χ0) is 15.6. The van der Waals surface area contributed by atoms with E-state index in [0.717, 1.165) is 36.3 Å². The van der Waals surface area contributed by atoms with Crippen LogP contribution in [0.2, 0.25) is 0 Å². The molecule has 0 amide bonds. The molecule has 1 N–H and O–H groups in total. The highest BCUT2D eigenvalue weighted by atomic mass is 32.2. The second kappa shape index (κ2) is 6.18. The van der Waals surface area contributed by atoms with Crippen LogP contribution in [-0.4, -0.2) is 47.2 Å². The fraction of sp³-hybridized carbons (Fsp3) is 0.467. The Kier molecular flexibility index (Phi) is 4.26. The second-order valence-corrected chi connectivity index (χ2v) is 7.78. The van der Waals surface area contributed by atoms with E-state index in [4.69, 9.17) is 0 Å². The first-order valence-corrected chi connectivity index (χ1v) is 9.28. The van der Waals surface area contributed by atoms with Crippen molar-refractivity contribution in [3.63, 3.8) is 0 Å². The number of hydrogen-bond acceptors (Lipinski definition) is 4. The van der Waals surface area contributed by atoms with Crippen LogP contribution in [-0.2, 0) is 16.4 Å². The summed E-state index contributed by atoms with van der Waals surface area (Å²) in [5.41, 5.74) is 2.85. The van der Waals surface area contributed by atoms with Crippen LogP contribution >= 0.6 is 0 Å². The minimum Gasteiger partial charge on any atom is -0.276 e. The molecule has 1 aliphatic heterocycles. The van der Waals surface area contributed by atoms with Crippen molar-refractivity contribution in [2.24, 2.45) is 5.92 Å². The molecular formula is C15H20N4O2S. The molecule has 1 fully saturated rings. The summed E-state index contributed by atoms with van der Waals surface area (Å²) in [5.74, 6) is 0.488. The molecule has 0 aromatic carbocycles. The number of nitrogens with one attached hydrogen (secondary N) is 1. The average molecular weight is 320 g/mol. The van der Waals surface area contributed by atoms with E-state index in [1.165, 1.54) is 6.26 Å². The van der Waals surface area contributed by atoms with Crippen molar-refractivity contribution >= 4 is 10.0 Å². The Bertz CT molecular complexity index is 720. The predicted molar refractivity (Wildman–Crippen MR) is 84.7 cm³/mol. The predicted octanol–water partition coefficient (Wildman–Crippen LogP) is 1.69. The lowest BCUT2D eigenvalue weighted by atomic mass is 9.93. The van der Waals surface area contributed by atoms with Crippen LogP contribution in [0.25, 0.3) is 11.4 Å². The number of aromatic nitrogens is 3. The standard InChI is InChI=1S/C15H20N4O2S/c1-22(20,21)19-9-6-12(7-10-19)11-13-3-2-4-14(17-13)15-5-8-16-18-15/h2-5,8,12H,6-7,9-11H2,1H3,(H,16,18). The summed E-state index contributed by atoms with van der Waals surface area (Å²) >= 11 is 0. The van der Waals surface area contributed by atoms with Gasteiger partial charge in [0.1, 0.15) is 0 Å². The van der Waals surface area contributed by atoms with E-state index in [0.29, 0.717) is 19.0 Å². The second-order valence-electron chi connectivity index (χ2n) is 5.79. The van der Waals surface area contributed by atoms with Gasteiger partial charge in [0.15, 0.2) is 0 Å². The maximum absolute atomic E-state index is 11.5. The Morgan fingerprint density at radius 1 is 1.27 bits per heavy atom. The van der Waals surface area contributed by atoms with Gasteiger partial charge in [-0.2, -0.15) is 5.10 Å². The lowest BCUT2D eigenvalue weighted by molar-refractivity contribution is 0.273. The number of pyridine rings is 1. The molecule has 3 rings (SSSR count). The summed E-state index contributed by atoms with van der Waals surface area (Å²) in [5, 5.41) is 6.87. The van der Waals surface area contributed by atoms with Gasteiger partial charge in [0.05, 0.1) is 17.6 Å². The average Bonchev–Trinajstić information content (AvgIpc) is 3.01. The van der Waals surface area contributed by atoms with E-state index in [1.54, 1.807) is 10.5 Å². The molecule has 0 unspecified atom stereocenters. The highest BCUT2D eigenvalue weighted by Gasteiger charge is 2.25. The molecule has 2 aromatic rings. The minimum absolute atomic E-state index is 0.488. The van der Waals surface area contributed by atoms with Crippen LogP contribution in [0.3, 0.4) is 0 Å². The zero-order valence-corrected chi connectivity index (χ0v) is 13.4. The van der Waals surface area contributed by atoms with E-state index in [9.17, 15) is 8.42 Å². The Labute approximate surface area is 130 Å². The Morgan fingerprint density at radius 3 is 2.68 bits per heavy atom. The van der Waals surface area contributed by atoms with Crippen LogP contribution in [0.4, 0.5) is 0 Å². The molecular weight excluding hydrogens is 300 g/mol. The van der Waals surface area contributed by atoms with E-state index < -0.39 is 10.0 Å². The summed E-state index contributed by atoms with van der Waals surface area (Å²) in [4.78, 5) is 4.67. The smallest absolute Gasteiger partial charge is 0.211 e. The fourth-order valence-electron chi connectivity index (χ4n) is 2.88. The molecule has 0 spiro atoms. The molecule has 0 aliphatic carbocycles. The van der Waals surface area contributed by atoms with Crippen molar-refractivity contribution in [1.82, 2.24) is 19.5 Å². The van der Waals surface area contributed by atoms with Crippen LogP contribution in [0.15, 0.2) is 30.5 Å². The number of H-pyrrole nitrogens is 1. The van der Waals surface area contributed by atoms with Crippen molar-refractivity contribution in [1.29, 1.82) is 0 Å². The molecule has 0 saturated carbocycles. The number of piperidine rings is 1. The minimum atomic E-state index is -3.05. The number of aromatic amines is 1. The Balaban J connectivity index is 1.64. The van der Waals surface area contributed by atoms with Crippen LogP contribution in [0.5, 0.6) is 0 Å². The summed E-state index contributed by atoms with van der Waals surface area (Å²) in [6.45, 7) is 1.23. The number of hydrogen-bond donors (Lipinski definition) is 1. The van der Waals surface area contributed by atoms with Gasteiger partial charge in [-0.1, -0.05) is 6.07 Å². The van der Waals surface area contributed by atoms with Gasteiger partial charge in [-0.3, -0.25) is 10.1 Å². The van der Waals surface area contributed by atoms with Gasteiger partial charge in [0.2, 0.25) is 10.0 Å². The fourth-order valence-corrected chi connectivity index (χ4v) is 3.76. The maximum Gasteiger partial charge on any atom is 0.211 e. The molecule has 0 radical (unpaired) electrons. The molecule has 22 heavy (non-hydrogen) atoms. The van der Waals surface area contributed by atoms with Crippen molar-refractivity contribution < 1.29 is 8.42 Å². The molecule has 1 saturated heterocycles. The van der Waals surface area contributed by atoms with Crippen LogP contribution in [0, 0.1) is 5.92 Å². The van der Waals surface area contributed by atoms with E-state index in [2.05, 4.69) is 15.2 Å². The summed E-state index contributed by atoms with van der Waals surface area (Å²) in [6, 6.07) is 7.90. The van der Waals surface area contributed by atoms with Crippen molar-refractivity contribution in [3.8, 4) is 11.4 Å². The SMILES string of the molecule is CS(=O)(=O)N1CCC(Cc2cccc(-c3ccn[nH]3)n2)CC1. The third-order valence-electron chi connectivity index (χ3n) is 4.12. The quantitative estimate of drug-likeness (QED) is 0.929. The van der Waals surface area contributed by atoms with Crippen molar-refractivity contribution in [3.05, 3.63) is 36.2 Å². The topological polar surface area (TPSA) is 79.0 Å². The lowest BCUT2D eigenvalue weighted by Crippen LogP contribution is -2.38. The normalized spacial score (nSPS) is 17.7. The van der Waals surface area contributed by atoms with E-state index >= 15 is 0 Å². The van der Waals surface area contributed by atoms with E-state index in [-0.39, 0.29) is 0 Å². The molecule has 2 aromatic heterocycles. The number of rotatable bonds is 4. The van der Waals surface area contributed by atoms with E-state index in [1.807, 2.05) is 24.3 Å². The highest BCUT2D eigenvalue weighted by Crippen LogP contribution is 2.23. The van der Waals surface area contributed by atoms with Gasteiger partial charge in [-0.25, -0.2) is 12.7 Å². The lowest BCUT2D eigenvalue weighted by Gasteiger charge is -2.30. The largest absolute Gasteiger partial charge is 0.276 e. The van der Waals surface area contributed by atoms with Crippen LogP contribution < -0.4 is 0 Å². The first kappa shape index (κ1) is 15.2.